The summed E-state index contributed by atoms with van der Waals surface area (Å²) in [4.78, 5) is 102. The zero-order valence-corrected chi connectivity index (χ0v) is 33.3. The second kappa shape index (κ2) is 18.8. The summed E-state index contributed by atoms with van der Waals surface area (Å²) < 4.78 is 11.2. The molecule has 2 atom stereocenters. The molecule has 18 heteroatoms. The van der Waals surface area contributed by atoms with Gasteiger partial charge < -0.3 is 45.8 Å². The molecule has 312 valence electrons. The summed E-state index contributed by atoms with van der Waals surface area (Å²) >= 11 is 0. The van der Waals surface area contributed by atoms with Gasteiger partial charge in [-0.05, 0) is 68.9 Å². The summed E-state index contributed by atoms with van der Waals surface area (Å²) in [5.41, 5.74) is 6.94. The van der Waals surface area contributed by atoms with Gasteiger partial charge in [0.15, 0.2) is 12.4 Å². The van der Waals surface area contributed by atoms with Crippen LogP contribution in [0.2, 0.25) is 0 Å². The third-order valence-electron chi connectivity index (χ3n) is 10.8. The number of aldehydes is 1. The number of aromatic nitrogens is 2. The number of unbranched alkanes of at least 4 members (excludes halogenated alkanes) is 1. The molecule has 3 heterocycles. The van der Waals surface area contributed by atoms with Gasteiger partial charge in [-0.1, -0.05) is 25.8 Å². The van der Waals surface area contributed by atoms with Crippen molar-refractivity contribution in [1.82, 2.24) is 25.5 Å². The zero-order chi connectivity index (χ0) is 42.2. The number of fused-ring (bicyclic) bond motifs is 2. The monoisotopic (exact) mass is 811 g/mol. The first-order valence-corrected chi connectivity index (χ1v) is 19.8. The Balaban J connectivity index is 0.969. The SMILES string of the molecule is CCC1C(=O)N(C)c2cnc(Nc3ccc(C(=O)NCCCCNC(=O)COc4cccc5c4C(=O)N(C(CCC=O)C(N)=O)C5=O)cc3OC)nc2N1C1CCCC1. The summed E-state index contributed by atoms with van der Waals surface area (Å²) in [6, 6.07) is 7.96. The molecule has 0 saturated heterocycles. The molecule has 6 rings (SSSR count). The molecule has 18 nitrogen and oxygen atoms in total. The Morgan fingerprint density at radius 1 is 1.02 bits per heavy atom. The summed E-state index contributed by atoms with van der Waals surface area (Å²) in [6.45, 7) is 2.20. The van der Waals surface area contributed by atoms with Gasteiger partial charge in [0.05, 0.1) is 30.1 Å². The third-order valence-corrected chi connectivity index (χ3v) is 10.8. The van der Waals surface area contributed by atoms with Crippen LogP contribution in [0, 0.1) is 0 Å². The Morgan fingerprint density at radius 3 is 2.46 bits per heavy atom. The number of benzene rings is 2. The van der Waals surface area contributed by atoms with Crippen molar-refractivity contribution in [2.24, 2.45) is 5.73 Å². The molecule has 1 aromatic heterocycles. The highest BCUT2D eigenvalue weighted by atomic mass is 16.5. The maximum absolute atomic E-state index is 13.2. The van der Waals surface area contributed by atoms with Crippen LogP contribution in [0.5, 0.6) is 11.5 Å². The van der Waals surface area contributed by atoms with E-state index in [2.05, 4.69) is 25.8 Å². The molecule has 6 amide bonds. The van der Waals surface area contributed by atoms with E-state index in [0.29, 0.717) is 60.7 Å². The molecule has 2 aliphatic heterocycles. The topological polar surface area (TPSA) is 236 Å². The Bertz CT molecular complexity index is 2120. The van der Waals surface area contributed by atoms with Gasteiger partial charge in [-0.25, -0.2) is 4.98 Å². The smallest absolute Gasteiger partial charge is 0.266 e. The van der Waals surface area contributed by atoms with Crippen LogP contribution in [-0.2, 0) is 19.2 Å². The van der Waals surface area contributed by atoms with Crippen molar-refractivity contribution in [1.29, 1.82) is 0 Å². The first-order chi connectivity index (χ1) is 28.5. The summed E-state index contributed by atoms with van der Waals surface area (Å²) in [7, 11) is 3.26. The fourth-order valence-electron chi connectivity index (χ4n) is 7.78. The van der Waals surface area contributed by atoms with Gasteiger partial charge in [0, 0.05) is 38.2 Å². The Morgan fingerprint density at radius 2 is 1.76 bits per heavy atom. The van der Waals surface area contributed by atoms with Crippen molar-refractivity contribution >= 4 is 64.9 Å². The number of primary amides is 1. The van der Waals surface area contributed by atoms with E-state index >= 15 is 0 Å². The minimum atomic E-state index is -1.30. The minimum absolute atomic E-state index is 0.00254. The van der Waals surface area contributed by atoms with E-state index in [1.54, 1.807) is 36.3 Å². The average molecular weight is 812 g/mol. The molecule has 2 unspecified atom stereocenters. The van der Waals surface area contributed by atoms with Crippen LogP contribution < -0.4 is 41.0 Å². The van der Waals surface area contributed by atoms with Gasteiger partial charge in [-0.15, -0.1) is 0 Å². The summed E-state index contributed by atoms with van der Waals surface area (Å²) in [5, 5.41) is 8.82. The Kier molecular flexibility index (Phi) is 13.4. The number of imide groups is 1. The van der Waals surface area contributed by atoms with E-state index in [4.69, 9.17) is 20.2 Å². The number of nitrogens with zero attached hydrogens (tertiary/aromatic N) is 5. The predicted molar refractivity (Wildman–Crippen MR) is 216 cm³/mol. The fourth-order valence-corrected chi connectivity index (χ4v) is 7.78. The van der Waals surface area contributed by atoms with E-state index in [1.165, 1.54) is 25.3 Å². The molecule has 3 aromatic rings. The van der Waals surface area contributed by atoms with Gasteiger partial charge >= 0.3 is 0 Å². The van der Waals surface area contributed by atoms with Crippen molar-refractivity contribution in [3.05, 3.63) is 59.3 Å². The number of nitrogens with one attached hydrogen (secondary N) is 3. The minimum Gasteiger partial charge on any atom is -0.495 e. The molecule has 1 aliphatic carbocycles. The van der Waals surface area contributed by atoms with E-state index in [-0.39, 0.29) is 60.2 Å². The highest BCUT2D eigenvalue weighted by molar-refractivity contribution is 6.24. The van der Waals surface area contributed by atoms with Crippen LogP contribution in [0.4, 0.5) is 23.1 Å². The lowest BCUT2D eigenvalue weighted by Gasteiger charge is -2.43. The van der Waals surface area contributed by atoms with Crippen LogP contribution >= 0.6 is 0 Å². The van der Waals surface area contributed by atoms with Gasteiger partial charge in [-0.2, -0.15) is 4.98 Å². The number of likely N-dealkylation sites (N-methyl/N-ethyl adjacent to an activating group) is 1. The molecular weight excluding hydrogens is 763 g/mol. The molecule has 1 fully saturated rings. The largest absolute Gasteiger partial charge is 0.495 e. The van der Waals surface area contributed by atoms with Crippen molar-refractivity contribution in [2.75, 3.05) is 49.0 Å². The molecule has 3 aliphatic rings. The van der Waals surface area contributed by atoms with E-state index in [0.717, 1.165) is 36.4 Å². The standard InChI is InChI=1S/C41H49N9O9/c1-4-28-39(56)48(2)30-22-45-41(47-36(30)49(28)25-11-5-6-12-25)46-27-17-16-24(21-32(27)58-3)37(54)44-19-8-7-18-43-33(52)23-59-31-15-9-13-26-34(31)40(57)50(38(26)55)29(35(42)53)14-10-20-51/h9,13,15-17,20-22,25,28-29H,4-8,10-12,14,18-19,23H2,1-3H3,(H2,42,53)(H,43,52)(H,44,54)(H,45,46,47). The first kappa shape index (κ1) is 42.0. The molecule has 0 spiro atoms. The number of amides is 6. The van der Waals surface area contributed by atoms with Gasteiger partial charge in [0.25, 0.3) is 23.6 Å². The highest BCUT2D eigenvalue weighted by Gasteiger charge is 2.44. The van der Waals surface area contributed by atoms with Crippen LogP contribution in [0.1, 0.15) is 95.8 Å². The van der Waals surface area contributed by atoms with Crippen LogP contribution in [0.3, 0.4) is 0 Å². The van der Waals surface area contributed by atoms with Crippen molar-refractivity contribution < 1.29 is 43.0 Å². The van der Waals surface area contributed by atoms with Gasteiger partial charge in [0.1, 0.15) is 35.6 Å². The lowest BCUT2D eigenvalue weighted by atomic mass is 10.0. The number of ether oxygens (including phenoxy) is 2. The molecule has 2 aromatic carbocycles. The number of hydrogen-bond donors (Lipinski definition) is 4. The lowest BCUT2D eigenvalue weighted by molar-refractivity contribution is -0.123. The normalized spacial score (nSPS) is 16.7. The number of nitrogens with two attached hydrogens (primary N) is 1. The average Bonchev–Trinajstić information content (AvgIpc) is 3.86. The van der Waals surface area contributed by atoms with E-state index in [1.807, 2.05) is 6.92 Å². The van der Waals surface area contributed by atoms with Crippen LogP contribution in [0.25, 0.3) is 0 Å². The molecule has 1 saturated carbocycles. The quantitative estimate of drug-likeness (QED) is 0.0776. The lowest BCUT2D eigenvalue weighted by Crippen LogP contribution is -2.55. The number of carbonyl (C=O) groups excluding carboxylic acids is 7. The maximum Gasteiger partial charge on any atom is 0.266 e. The molecule has 5 N–H and O–H groups in total. The molecule has 59 heavy (non-hydrogen) atoms. The van der Waals surface area contributed by atoms with Crippen LogP contribution in [-0.4, -0.2) is 109 Å². The molecule has 0 bridgehead atoms. The number of methoxy groups -OCH3 is 1. The third kappa shape index (κ3) is 8.95. The van der Waals surface area contributed by atoms with Gasteiger partial charge in [-0.3, -0.25) is 33.7 Å². The van der Waals surface area contributed by atoms with Gasteiger partial charge in [0.2, 0.25) is 17.8 Å². The number of anilines is 4. The Labute approximate surface area is 341 Å². The number of rotatable bonds is 19. The molecule has 0 radical (unpaired) electrons. The van der Waals surface area contributed by atoms with Crippen molar-refractivity contribution in [2.45, 2.75) is 82.8 Å². The highest BCUT2D eigenvalue weighted by Crippen LogP contribution is 2.40. The van der Waals surface area contributed by atoms with Crippen molar-refractivity contribution in [3.8, 4) is 11.5 Å². The Hall–Kier alpha value is -6.59. The number of hydrogen-bond acceptors (Lipinski definition) is 13. The summed E-state index contributed by atoms with van der Waals surface area (Å²) in [5.74, 6) is -1.74. The maximum atomic E-state index is 13.2. The predicted octanol–water partition coefficient (Wildman–Crippen LogP) is 2.87. The molecular formula is C41H49N9O9. The zero-order valence-electron chi connectivity index (χ0n) is 33.3. The van der Waals surface area contributed by atoms with Crippen LogP contribution in [0.15, 0.2) is 42.6 Å². The van der Waals surface area contributed by atoms with E-state index in [9.17, 15) is 33.6 Å². The van der Waals surface area contributed by atoms with E-state index < -0.39 is 36.3 Å². The fraction of sp³-hybridized carbons (Fsp3) is 0.439. The second-order valence-electron chi connectivity index (χ2n) is 14.5. The summed E-state index contributed by atoms with van der Waals surface area (Å²) in [6.07, 6.45) is 8.05. The van der Waals surface area contributed by atoms with Crippen molar-refractivity contribution in [3.63, 3.8) is 0 Å². The first-order valence-electron chi connectivity index (χ1n) is 19.8. The number of carbonyl (C=O) groups is 7. The second-order valence-corrected chi connectivity index (χ2v) is 14.5.